The summed E-state index contributed by atoms with van der Waals surface area (Å²) in [6, 6.07) is 5.04. The van der Waals surface area contributed by atoms with Crippen LogP contribution in [0.3, 0.4) is 0 Å². The highest BCUT2D eigenvalue weighted by Gasteiger charge is 2.39. The summed E-state index contributed by atoms with van der Waals surface area (Å²) in [5.74, 6) is -0.820. The quantitative estimate of drug-likeness (QED) is 0.426. The van der Waals surface area contributed by atoms with E-state index < -0.39 is 6.04 Å². The Bertz CT molecular complexity index is 706. The van der Waals surface area contributed by atoms with Crippen molar-refractivity contribution in [3.05, 3.63) is 34.9 Å². The van der Waals surface area contributed by atoms with Gasteiger partial charge < -0.3 is 20.7 Å². The van der Waals surface area contributed by atoms with Crippen molar-refractivity contribution in [1.82, 2.24) is 15.5 Å². The van der Waals surface area contributed by atoms with Gasteiger partial charge in [0, 0.05) is 38.2 Å². The summed E-state index contributed by atoms with van der Waals surface area (Å²) in [6.07, 6.45) is 0.629. The van der Waals surface area contributed by atoms with Gasteiger partial charge in [-0.15, -0.1) is 0 Å². The van der Waals surface area contributed by atoms with Crippen LogP contribution in [-0.2, 0) is 27.4 Å². The van der Waals surface area contributed by atoms with Crippen LogP contribution in [0.25, 0.3) is 0 Å². The Balaban J connectivity index is 1.64. The first-order chi connectivity index (χ1) is 12.6. The van der Waals surface area contributed by atoms with Crippen LogP contribution in [-0.4, -0.2) is 55.0 Å². The first kappa shape index (κ1) is 18.5. The lowest BCUT2D eigenvalue weighted by Gasteiger charge is -2.29. The number of rotatable bonds is 8. The number of hydrogen-bond acceptors (Lipinski definition) is 6. The van der Waals surface area contributed by atoms with E-state index in [2.05, 4.69) is 10.6 Å². The second-order valence-corrected chi connectivity index (χ2v) is 6.42. The van der Waals surface area contributed by atoms with Crippen LogP contribution < -0.4 is 16.4 Å². The van der Waals surface area contributed by atoms with Crippen molar-refractivity contribution < 1.29 is 19.1 Å². The number of carbonyl (C=O) groups excluding carboxylic acids is 3. The van der Waals surface area contributed by atoms with Crippen molar-refractivity contribution in [2.75, 3.05) is 26.3 Å². The van der Waals surface area contributed by atoms with E-state index in [0.29, 0.717) is 51.4 Å². The van der Waals surface area contributed by atoms with E-state index in [0.717, 1.165) is 11.1 Å². The summed E-state index contributed by atoms with van der Waals surface area (Å²) in [6.45, 7) is 3.32. The van der Waals surface area contributed by atoms with Crippen LogP contribution in [0.1, 0.15) is 34.3 Å². The minimum absolute atomic E-state index is 0.150. The molecule has 3 rings (SSSR count). The number of nitrogens with one attached hydrogen (secondary N) is 2. The summed E-state index contributed by atoms with van der Waals surface area (Å²) in [7, 11) is 0. The fourth-order valence-electron chi connectivity index (χ4n) is 3.37. The van der Waals surface area contributed by atoms with E-state index in [4.69, 9.17) is 10.5 Å². The van der Waals surface area contributed by atoms with E-state index in [1.165, 1.54) is 0 Å². The van der Waals surface area contributed by atoms with Gasteiger partial charge in [0.15, 0.2) is 0 Å². The number of carbonyl (C=O) groups is 3. The lowest BCUT2D eigenvalue weighted by Crippen LogP contribution is -2.52. The van der Waals surface area contributed by atoms with E-state index in [-0.39, 0.29) is 24.1 Å². The largest absolute Gasteiger partial charge is 0.379 e. The molecule has 8 nitrogen and oxygen atoms in total. The number of ether oxygens (including phenoxy) is 1. The van der Waals surface area contributed by atoms with Crippen molar-refractivity contribution in [1.29, 1.82) is 0 Å². The van der Waals surface area contributed by atoms with Gasteiger partial charge in [0.25, 0.3) is 5.91 Å². The zero-order valence-electron chi connectivity index (χ0n) is 14.6. The number of nitrogens with two attached hydrogens (primary N) is 1. The Morgan fingerprint density at radius 2 is 2.12 bits per heavy atom. The van der Waals surface area contributed by atoms with Crippen molar-refractivity contribution in [3.63, 3.8) is 0 Å². The second kappa shape index (κ2) is 8.39. The number of hydrogen-bond donors (Lipinski definition) is 3. The number of benzene rings is 1. The molecule has 140 valence electrons. The maximum atomic E-state index is 12.7. The Morgan fingerprint density at radius 1 is 1.27 bits per heavy atom. The summed E-state index contributed by atoms with van der Waals surface area (Å²) < 4.78 is 5.33. The summed E-state index contributed by atoms with van der Waals surface area (Å²) in [5.41, 5.74) is 7.98. The SMILES string of the molecule is NCCOCCNCc1cccc2c1CN(C1CCC(=O)NC1=O)C2=O. The monoisotopic (exact) mass is 360 g/mol. The smallest absolute Gasteiger partial charge is 0.255 e. The van der Waals surface area contributed by atoms with E-state index in [9.17, 15) is 14.4 Å². The van der Waals surface area contributed by atoms with E-state index in [1.54, 1.807) is 11.0 Å². The van der Waals surface area contributed by atoms with Crippen LogP contribution in [0.5, 0.6) is 0 Å². The van der Waals surface area contributed by atoms with Gasteiger partial charge in [-0.1, -0.05) is 12.1 Å². The van der Waals surface area contributed by atoms with Gasteiger partial charge in [-0.05, 0) is 23.6 Å². The van der Waals surface area contributed by atoms with Gasteiger partial charge in [0.1, 0.15) is 6.04 Å². The Morgan fingerprint density at radius 3 is 2.88 bits per heavy atom. The first-order valence-corrected chi connectivity index (χ1v) is 8.85. The number of amides is 3. The molecule has 0 aromatic heterocycles. The van der Waals surface area contributed by atoms with Crippen molar-refractivity contribution >= 4 is 17.7 Å². The van der Waals surface area contributed by atoms with Crippen LogP contribution in [0.2, 0.25) is 0 Å². The van der Waals surface area contributed by atoms with Gasteiger partial charge in [-0.25, -0.2) is 0 Å². The molecular formula is C18H24N4O4. The fourth-order valence-corrected chi connectivity index (χ4v) is 3.37. The predicted molar refractivity (Wildman–Crippen MR) is 94.1 cm³/mol. The summed E-state index contributed by atoms with van der Waals surface area (Å²) in [4.78, 5) is 37.8. The normalized spacial score (nSPS) is 19.7. The molecule has 0 aliphatic carbocycles. The minimum atomic E-state index is -0.585. The van der Waals surface area contributed by atoms with Gasteiger partial charge in [0.05, 0.1) is 13.2 Å². The van der Waals surface area contributed by atoms with Crippen LogP contribution in [0, 0.1) is 0 Å². The molecule has 1 saturated heterocycles. The average Bonchev–Trinajstić information content (AvgIpc) is 2.96. The van der Waals surface area contributed by atoms with E-state index >= 15 is 0 Å². The molecule has 4 N–H and O–H groups in total. The van der Waals surface area contributed by atoms with Crippen molar-refractivity contribution in [3.8, 4) is 0 Å². The minimum Gasteiger partial charge on any atom is -0.379 e. The molecule has 2 aliphatic heterocycles. The predicted octanol–water partition coefficient (Wildman–Crippen LogP) is -0.487. The first-order valence-electron chi connectivity index (χ1n) is 8.85. The Hall–Kier alpha value is -2.29. The second-order valence-electron chi connectivity index (χ2n) is 6.42. The number of fused-ring (bicyclic) bond motifs is 1. The van der Waals surface area contributed by atoms with Crippen LogP contribution >= 0.6 is 0 Å². The van der Waals surface area contributed by atoms with Gasteiger partial charge >= 0.3 is 0 Å². The molecule has 0 radical (unpaired) electrons. The zero-order valence-corrected chi connectivity index (χ0v) is 14.6. The molecule has 1 fully saturated rings. The maximum Gasteiger partial charge on any atom is 0.255 e. The standard InChI is InChI=1S/C18H24N4O4/c19-6-8-26-9-7-20-10-12-2-1-3-13-14(12)11-22(18(13)25)15-4-5-16(23)21-17(15)24/h1-3,15,20H,4-11,19H2,(H,21,23,24). The average molecular weight is 360 g/mol. The number of piperidine rings is 1. The summed E-state index contributed by atoms with van der Waals surface area (Å²) in [5, 5.41) is 5.61. The topological polar surface area (TPSA) is 114 Å². The molecule has 2 heterocycles. The molecule has 2 aliphatic rings. The molecule has 0 bridgehead atoms. The molecule has 1 atom stereocenters. The van der Waals surface area contributed by atoms with Crippen LogP contribution in [0.4, 0.5) is 0 Å². The Labute approximate surface area is 152 Å². The zero-order chi connectivity index (χ0) is 18.5. The molecule has 8 heteroatoms. The maximum absolute atomic E-state index is 12.7. The molecule has 0 spiro atoms. The van der Waals surface area contributed by atoms with Crippen molar-refractivity contribution in [2.24, 2.45) is 5.73 Å². The molecule has 1 aromatic rings. The number of nitrogens with zero attached hydrogens (tertiary/aromatic N) is 1. The van der Waals surface area contributed by atoms with Crippen molar-refractivity contribution in [2.45, 2.75) is 32.0 Å². The van der Waals surface area contributed by atoms with Gasteiger partial charge in [0.2, 0.25) is 11.8 Å². The molecule has 1 unspecified atom stereocenters. The highest BCUT2D eigenvalue weighted by molar-refractivity contribution is 6.05. The highest BCUT2D eigenvalue weighted by Crippen LogP contribution is 2.29. The number of imide groups is 1. The summed E-state index contributed by atoms with van der Waals surface area (Å²) >= 11 is 0. The third kappa shape index (κ3) is 3.92. The Kier molecular flexibility index (Phi) is 5.97. The third-order valence-electron chi connectivity index (χ3n) is 4.68. The lowest BCUT2D eigenvalue weighted by atomic mass is 10.0. The fraction of sp³-hybridized carbons (Fsp3) is 0.500. The third-order valence-corrected chi connectivity index (χ3v) is 4.68. The van der Waals surface area contributed by atoms with Crippen LogP contribution in [0.15, 0.2) is 18.2 Å². The molecule has 1 aromatic carbocycles. The molecule has 0 saturated carbocycles. The van der Waals surface area contributed by atoms with Gasteiger partial charge in [-0.2, -0.15) is 0 Å². The highest BCUT2D eigenvalue weighted by atomic mass is 16.5. The molecular weight excluding hydrogens is 336 g/mol. The molecule has 26 heavy (non-hydrogen) atoms. The molecule has 3 amide bonds. The van der Waals surface area contributed by atoms with Gasteiger partial charge in [-0.3, -0.25) is 19.7 Å². The lowest BCUT2D eigenvalue weighted by molar-refractivity contribution is -0.136. The van der Waals surface area contributed by atoms with E-state index in [1.807, 2.05) is 12.1 Å².